The van der Waals surface area contributed by atoms with Crippen LogP contribution in [0.25, 0.3) is 0 Å². The maximum Gasteiger partial charge on any atom is 0.290 e. The Bertz CT molecular complexity index is 599. The first kappa shape index (κ1) is 17.1. The number of nitrogens with zero attached hydrogens (tertiary/aromatic N) is 4. The molecule has 2 aliphatic rings. The third-order valence-electron chi connectivity index (χ3n) is 4.88. The lowest BCUT2D eigenvalue weighted by Crippen LogP contribution is -2.50. The van der Waals surface area contributed by atoms with E-state index in [2.05, 4.69) is 28.6 Å². The molecule has 2 fully saturated rings. The van der Waals surface area contributed by atoms with Crippen molar-refractivity contribution in [2.45, 2.75) is 51.9 Å². The zero-order valence-electron chi connectivity index (χ0n) is 14.6. The van der Waals surface area contributed by atoms with Gasteiger partial charge in [0, 0.05) is 38.3 Å². The highest BCUT2D eigenvalue weighted by Crippen LogP contribution is 2.28. The summed E-state index contributed by atoms with van der Waals surface area (Å²) >= 11 is 0. The van der Waals surface area contributed by atoms with E-state index in [4.69, 9.17) is 4.74 Å². The predicted molar refractivity (Wildman–Crippen MR) is 92.4 cm³/mol. The van der Waals surface area contributed by atoms with Gasteiger partial charge in [-0.1, -0.05) is 0 Å². The van der Waals surface area contributed by atoms with Crippen LogP contribution in [0.4, 0.5) is 11.5 Å². The molecule has 0 spiro atoms. The van der Waals surface area contributed by atoms with Gasteiger partial charge in [0.25, 0.3) is 5.69 Å². The van der Waals surface area contributed by atoms with Crippen molar-refractivity contribution in [2.24, 2.45) is 0 Å². The predicted octanol–water partition coefficient (Wildman–Crippen LogP) is 2.38. The Morgan fingerprint density at radius 1 is 1.33 bits per heavy atom. The number of ether oxygens (including phenoxy) is 1. The molecule has 3 heterocycles. The van der Waals surface area contributed by atoms with Crippen molar-refractivity contribution >= 4 is 11.5 Å². The van der Waals surface area contributed by atoms with Gasteiger partial charge in [0.05, 0.1) is 17.1 Å². The van der Waals surface area contributed by atoms with E-state index in [9.17, 15) is 10.1 Å². The lowest BCUT2D eigenvalue weighted by Gasteiger charge is -2.38. The molecular formula is C17H26N4O3. The van der Waals surface area contributed by atoms with Crippen molar-refractivity contribution in [1.82, 2.24) is 9.88 Å². The SMILES string of the molecule is Cc1nc(N2CCC[C@H]2CN2C[C@@H](C)O[C@@H](C)C2)ccc1[N+](=O)[O-]. The molecule has 132 valence electrons. The fourth-order valence-electron chi connectivity index (χ4n) is 3.95. The Labute approximate surface area is 142 Å². The summed E-state index contributed by atoms with van der Waals surface area (Å²) in [4.78, 5) is 19.9. The Balaban J connectivity index is 1.71. The monoisotopic (exact) mass is 334 g/mol. The molecule has 0 amide bonds. The Kier molecular flexibility index (Phi) is 5.01. The van der Waals surface area contributed by atoms with Gasteiger partial charge in [-0.25, -0.2) is 4.98 Å². The second-order valence-corrected chi connectivity index (χ2v) is 7.00. The molecule has 7 heteroatoms. The van der Waals surface area contributed by atoms with Gasteiger partial charge in [0.15, 0.2) is 0 Å². The number of rotatable bonds is 4. The molecule has 1 aromatic rings. The molecule has 0 unspecified atom stereocenters. The molecule has 3 rings (SSSR count). The minimum atomic E-state index is -0.371. The number of aromatic nitrogens is 1. The lowest BCUT2D eigenvalue weighted by molar-refractivity contribution is -0.385. The molecular weight excluding hydrogens is 308 g/mol. The number of hydrogen-bond donors (Lipinski definition) is 0. The zero-order chi connectivity index (χ0) is 17.3. The van der Waals surface area contributed by atoms with Crippen LogP contribution in [0.3, 0.4) is 0 Å². The molecule has 1 aromatic heterocycles. The van der Waals surface area contributed by atoms with Crippen molar-refractivity contribution in [3.05, 3.63) is 27.9 Å². The van der Waals surface area contributed by atoms with Crippen LogP contribution in [0.5, 0.6) is 0 Å². The lowest BCUT2D eigenvalue weighted by atomic mass is 10.1. The summed E-state index contributed by atoms with van der Waals surface area (Å²) < 4.78 is 5.81. The highest BCUT2D eigenvalue weighted by atomic mass is 16.6. The normalized spacial score (nSPS) is 28.3. The van der Waals surface area contributed by atoms with E-state index >= 15 is 0 Å². The summed E-state index contributed by atoms with van der Waals surface area (Å²) in [7, 11) is 0. The van der Waals surface area contributed by atoms with Crippen molar-refractivity contribution in [3.8, 4) is 0 Å². The van der Waals surface area contributed by atoms with Crippen LogP contribution < -0.4 is 4.90 Å². The Hall–Kier alpha value is -1.73. The Morgan fingerprint density at radius 3 is 2.67 bits per heavy atom. The van der Waals surface area contributed by atoms with E-state index in [0.717, 1.165) is 44.8 Å². The van der Waals surface area contributed by atoms with Gasteiger partial charge in [-0.15, -0.1) is 0 Å². The average molecular weight is 334 g/mol. The second-order valence-electron chi connectivity index (χ2n) is 7.00. The van der Waals surface area contributed by atoms with Crippen molar-refractivity contribution in [1.29, 1.82) is 0 Å². The van der Waals surface area contributed by atoms with Gasteiger partial charge >= 0.3 is 0 Å². The summed E-state index contributed by atoms with van der Waals surface area (Å²) in [6.07, 6.45) is 2.81. The summed E-state index contributed by atoms with van der Waals surface area (Å²) in [6, 6.07) is 3.77. The van der Waals surface area contributed by atoms with Crippen LogP contribution in [0.15, 0.2) is 12.1 Å². The highest BCUT2D eigenvalue weighted by molar-refractivity contribution is 5.48. The van der Waals surface area contributed by atoms with Crippen LogP contribution in [-0.2, 0) is 4.74 Å². The largest absolute Gasteiger partial charge is 0.373 e. The van der Waals surface area contributed by atoms with Crippen molar-refractivity contribution in [3.63, 3.8) is 0 Å². The van der Waals surface area contributed by atoms with E-state index < -0.39 is 0 Å². The van der Waals surface area contributed by atoms with Crippen LogP contribution in [-0.4, -0.2) is 59.2 Å². The van der Waals surface area contributed by atoms with Crippen LogP contribution >= 0.6 is 0 Å². The zero-order valence-corrected chi connectivity index (χ0v) is 14.6. The van der Waals surface area contributed by atoms with E-state index in [-0.39, 0.29) is 22.8 Å². The molecule has 0 radical (unpaired) electrons. The molecule has 0 saturated carbocycles. The van der Waals surface area contributed by atoms with Gasteiger partial charge < -0.3 is 9.64 Å². The molecule has 7 nitrogen and oxygen atoms in total. The maximum atomic E-state index is 11.0. The Morgan fingerprint density at radius 2 is 2.04 bits per heavy atom. The molecule has 3 atom stereocenters. The van der Waals surface area contributed by atoms with E-state index in [1.54, 1.807) is 19.1 Å². The van der Waals surface area contributed by atoms with E-state index in [1.807, 2.05) is 0 Å². The smallest absolute Gasteiger partial charge is 0.290 e. The van der Waals surface area contributed by atoms with Crippen LogP contribution in [0.2, 0.25) is 0 Å². The number of anilines is 1. The number of nitro groups is 1. The number of morpholine rings is 1. The summed E-state index contributed by atoms with van der Waals surface area (Å²) in [5.41, 5.74) is 0.571. The van der Waals surface area contributed by atoms with Gasteiger partial charge in [-0.05, 0) is 39.7 Å². The highest BCUT2D eigenvalue weighted by Gasteiger charge is 2.31. The first-order valence-electron chi connectivity index (χ1n) is 8.70. The third-order valence-corrected chi connectivity index (χ3v) is 4.88. The first-order chi connectivity index (χ1) is 11.4. The van der Waals surface area contributed by atoms with Crippen molar-refractivity contribution < 1.29 is 9.66 Å². The number of aryl methyl sites for hydroxylation is 1. The quantitative estimate of drug-likeness (QED) is 0.622. The summed E-state index contributed by atoms with van der Waals surface area (Å²) in [6.45, 7) is 9.83. The van der Waals surface area contributed by atoms with Crippen molar-refractivity contribution in [2.75, 3.05) is 31.1 Å². The van der Waals surface area contributed by atoms with E-state index in [1.165, 1.54) is 0 Å². The molecule has 0 aliphatic carbocycles. The number of pyridine rings is 1. The fourth-order valence-corrected chi connectivity index (χ4v) is 3.95. The average Bonchev–Trinajstić information content (AvgIpc) is 2.93. The standard InChI is InChI=1S/C17H26N4O3/c1-12-9-19(10-13(2)24-12)11-15-5-4-8-20(15)17-7-6-16(21(22)23)14(3)18-17/h6-7,12-13,15H,4-5,8-11H2,1-3H3/t12-,13+,15-/m0/s1. The molecule has 2 saturated heterocycles. The fraction of sp³-hybridized carbons (Fsp3) is 0.706. The molecule has 24 heavy (non-hydrogen) atoms. The molecule has 2 aliphatic heterocycles. The molecule has 0 aromatic carbocycles. The van der Waals surface area contributed by atoms with Crippen LogP contribution in [0.1, 0.15) is 32.4 Å². The molecule has 0 bridgehead atoms. The van der Waals surface area contributed by atoms with Gasteiger partial charge in [0.2, 0.25) is 0 Å². The minimum absolute atomic E-state index is 0.0883. The maximum absolute atomic E-state index is 11.0. The third kappa shape index (κ3) is 3.67. The topological polar surface area (TPSA) is 71.7 Å². The number of hydrogen-bond acceptors (Lipinski definition) is 6. The van der Waals surface area contributed by atoms with Gasteiger partial charge in [-0.3, -0.25) is 15.0 Å². The van der Waals surface area contributed by atoms with E-state index in [0.29, 0.717) is 11.7 Å². The summed E-state index contributed by atoms with van der Waals surface area (Å²) in [5, 5.41) is 11.0. The van der Waals surface area contributed by atoms with Gasteiger partial charge in [-0.2, -0.15) is 0 Å². The molecule has 0 N–H and O–H groups in total. The van der Waals surface area contributed by atoms with Gasteiger partial charge in [0.1, 0.15) is 11.5 Å². The second kappa shape index (κ2) is 7.03. The first-order valence-corrected chi connectivity index (χ1v) is 8.70. The minimum Gasteiger partial charge on any atom is -0.373 e. The summed E-state index contributed by atoms with van der Waals surface area (Å²) in [5.74, 6) is 0.856. The van der Waals surface area contributed by atoms with Crippen LogP contribution in [0, 0.1) is 17.0 Å².